The first kappa shape index (κ1) is 18.7. The van der Waals surface area contributed by atoms with Crippen molar-refractivity contribution in [1.29, 1.82) is 0 Å². The van der Waals surface area contributed by atoms with Crippen LogP contribution in [-0.2, 0) is 10.3 Å². The average molecular weight is 396 g/mol. The van der Waals surface area contributed by atoms with Gasteiger partial charge in [0.05, 0.1) is 0 Å². The lowest BCUT2D eigenvalue weighted by Crippen LogP contribution is -2.41. The van der Waals surface area contributed by atoms with Gasteiger partial charge in [-0.3, -0.25) is 9.69 Å². The van der Waals surface area contributed by atoms with E-state index in [9.17, 15) is 18.0 Å². The van der Waals surface area contributed by atoms with Gasteiger partial charge in [0, 0.05) is 18.8 Å². The van der Waals surface area contributed by atoms with Crippen molar-refractivity contribution in [3.8, 4) is 11.1 Å². The Morgan fingerprint density at radius 2 is 1.76 bits per heavy atom. The van der Waals surface area contributed by atoms with Gasteiger partial charge in [-0.15, -0.1) is 0 Å². The van der Waals surface area contributed by atoms with Crippen molar-refractivity contribution in [1.82, 2.24) is 9.88 Å². The number of carbonyl (C=O) groups excluding carboxylic acids is 1. The molecule has 29 heavy (non-hydrogen) atoms. The van der Waals surface area contributed by atoms with Crippen LogP contribution in [0.25, 0.3) is 11.1 Å². The lowest BCUT2D eigenvalue weighted by molar-refractivity contribution is -0.129. The van der Waals surface area contributed by atoms with Crippen molar-refractivity contribution < 1.29 is 18.0 Å². The zero-order valence-corrected chi connectivity index (χ0v) is 15.2. The number of aliphatic imine (C=N–C) groups is 1. The van der Waals surface area contributed by atoms with Gasteiger partial charge in [0.25, 0.3) is 5.91 Å². The molecule has 0 saturated carbocycles. The van der Waals surface area contributed by atoms with Crippen LogP contribution in [0.5, 0.6) is 0 Å². The van der Waals surface area contributed by atoms with E-state index in [1.54, 1.807) is 18.2 Å². The number of amides is 1. The highest BCUT2D eigenvalue weighted by atomic mass is 19.1. The van der Waals surface area contributed by atoms with Crippen molar-refractivity contribution in [3.63, 3.8) is 0 Å². The van der Waals surface area contributed by atoms with E-state index < -0.39 is 29.0 Å². The summed E-state index contributed by atoms with van der Waals surface area (Å²) >= 11 is 0. The van der Waals surface area contributed by atoms with Gasteiger partial charge in [-0.1, -0.05) is 18.2 Å². The maximum atomic E-state index is 14.3. The number of halogens is 3. The Hall–Kier alpha value is -3.68. The highest BCUT2D eigenvalue weighted by Gasteiger charge is 2.49. The fourth-order valence-corrected chi connectivity index (χ4v) is 3.44. The van der Waals surface area contributed by atoms with Gasteiger partial charge in [0.15, 0.2) is 11.5 Å². The van der Waals surface area contributed by atoms with Crippen molar-refractivity contribution >= 4 is 11.9 Å². The Morgan fingerprint density at radius 1 is 1.00 bits per heavy atom. The molecule has 0 saturated heterocycles. The van der Waals surface area contributed by atoms with Crippen molar-refractivity contribution in [2.24, 2.45) is 10.7 Å². The Bertz CT molecular complexity index is 1160. The molecule has 8 heteroatoms. The molecule has 2 aromatic carbocycles. The predicted octanol–water partition coefficient (Wildman–Crippen LogP) is 3.20. The van der Waals surface area contributed by atoms with E-state index >= 15 is 0 Å². The largest absolute Gasteiger partial charge is 0.369 e. The maximum Gasteiger partial charge on any atom is 0.266 e. The zero-order valence-electron chi connectivity index (χ0n) is 15.2. The summed E-state index contributed by atoms with van der Waals surface area (Å²) < 4.78 is 41.8. The molecule has 0 spiro atoms. The van der Waals surface area contributed by atoms with Crippen LogP contribution in [0, 0.1) is 17.6 Å². The number of aromatic nitrogens is 1. The number of benzene rings is 2. The molecule has 5 nitrogen and oxygen atoms in total. The third-order valence-corrected chi connectivity index (χ3v) is 4.90. The summed E-state index contributed by atoms with van der Waals surface area (Å²) in [7, 11) is 1.45. The summed E-state index contributed by atoms with van der Waals surface area (Å²) in [5.41, 5.74) is 5.14. The topological polar surface area (TPSA) is 71.6 Å². The van der Waals surface area contributed by atoms with E-state index in [1.807, 2.05) is 0 Å². The molecule has 0 radical (unpaired) electrons. The molecule has 1 aliphatic rings. The molecular weight excluding hydrogens is 381 g/mol. The molecule has 2 N–H and O–H groups in total. The molecule has 0 bridgehead atoms. The quantitative estimate of drug-likeness (QED) is 0.691. The number of nitrogens with zero attached hydrogens (tertiary/aromatic N) is 3. The standard InChI is InChI=1S/C21H15F3N4O/c1-28-19(29)21(27-20(28)25,14-7-8-26-18(24)10-14)13-4-2-3-12(9-13)16-11-15(22)5-6-17(16)23/h2-11H,1H3,(H2,25,27). The van der Waals surface area contributed by atoms with Crippen LogP contribution in [0.15, 0.2) is 65.8 Å². The molecule has 0 fully saturated rings. The molecule has 1 unspecified atom stereocenters. The van der Waals surface area contributed by atoms with Crippen LogP contribution < -0.4 is 5.73 Å². The second-order valence-electron chi connectivity index (χ2n) is 6.62. The van der Waals surface area contributed by atoms with Gasteiger partial charge in [-0.25, -0.2) is 18.8 Å². The van der Waals surface area contributed by atoms with Crippen LogP contribution in [0.2, 0.25) is 0 Å². The fourth-order valence-electron chi connectivity index (χ4n) is 3.44. The van der Waals surface area contributed by atoms with E-state index in [0.29, 0.717) is 11.1 Å². The summed E-state index contributed by atoms with van der Waals surface area (Å²) in [6.07, 6.45) is 1.22. The number of likely N-dealkylation sites (N-methyl/N-ethyl adjacent to an activating group) is 1. The second kappa shape index (κ2) is 6.73. The van der Waals surface area contributed by atoms with E-state index in [-0.39, 0.29) is 17.1 Å². The van der Waals surface area contributed by atoms with Gasteiger partial charge in [-0.05, 0) is 53.1 Å². The fraction of sp³-hybridized carbons (Fsp3) is 0.0952. The van der Waals surface area contributed by atoms with Gasteiger partial charge < -0.3 is 5.73 Å². The molecule has 1 aliphatic heterocycles. The molecule has 4 rings (SSSR count). The third kappa shape index (κ3) is 2.93. The number of hydrogen-bond donors (Lipinski definition) is 1. The van der Waals surface area contributed by atoms with Gasteiger partial charge in [-0.2, -0.15) is 4.39 Å². The highest BCUT2D eigenvalue weighted by Crippen LogP contribution is 2.40. The summed E-state index contributed by atoms with van der Waals surface area (Å²) in [6, 6.07) is 12.0. The predicted molar refractivity (Wildman–Crippen MR) is 101 cm³/mol. The number of guanidine groups is 1. The Kier molecular flexibility index (Phi) is 4.34. The molecule has 2 heterocycles. The van der Waals surface area contributed by atoms with E-state index in [4.69, 9.17) is 5.73 Å². The average Bonchev–Trinajstić information content (AvgIpc) is 2.95. The first-order valence-electron chi connectivity index (χ1n) is 8.64. The number of hydrogen-bond acceptors (Lipinski definition) is 4. The monoisotopic (exact) mass is 396 g/mol. The summed E-state index contributed by atoms with van der Waals surface area (Å²) in [4.78, 5) is 22.2. The lowest BCUT2D eigenvalue weighted by Gasteiger charge is -2.26. The SMILES string of the molecule is CN1C(=O)C(c2cccc(-c3cc(F)ccc3F)c2)(c2ccnc(F)c2)N=C1N. The van der Waals surface area contributed by atoms with Crippen LogP contribution in [-0.4, -0.2) is 28.8 Å². The van der Waals surface area contributed by atoms with E-state index in [1.165, 1.54) is 25.4 Å². The maximum absolute atomic E-state index is 14.3. The normalized spacial score (nSPS) is 18.8. The zero-order chi connectivity index (χ0) is 20.8. The molecule has 1 atom stereocenters. The molecule has 3 aromatic rings. The molecule has 146 valence electrons. The number of rotatable bonds is 3. The van der Waals surface area contributed by atoms with Gasteiger partial charge in [0.2, 0.25) is 5.95 Å². The lowest BCUT2D eigenvalue weighted by atomic mass is 9.82. The summed E-state index contributed by atoms with van der Waals surface area (Å²) in [6.45, 7) is 0. The second-order valence-corrected chi connectivity index (χ2v) is 6.62. The highest BCUT2D eigenvalue weighted by molar-refractivity contribution is 6.09. The molecule has 1 amide bonds. The molecular formula is C21H15F3N4O. The van der Waals surface area contributed by atoms with E-state index in [0.717, 1.165) is 29.2 Å². The van der Waals surface area contributed by atoms with Crippen molar-refractivity contribution in [2.45, 2.75) is 5.54 Å². The first-order valence-corrected chi connectivity index (χ1v) is 8.64. The van der Waals surface area contributed by atoms with E-state index in [2.05, 4.69) is 9.98 Å². The summed E-state index contributed by atoms with van der Waals surface area (Å²) in [5, 5.41) is 0. The number of pyridine rings is 1. The Labute approximate surface area is 164 Å². The minimum absolute atomic E-state index is 0.0265. The minimum atomic E-state index is -1.66. The smallest absolute Gasteiger partial charge is 0.266 e. The van der Waals surface area contributed by atoms with Gasteiger partial charge in [0.1, 0.15) is 11.6 Å². The minimum Gasteiger partial charge on any atom is -0.369 e. The van der Waals surface area contributed by atoms with Crippen LogP contribution in [0.3, 0.4) is 0 Å². The Balaban J connectivity index is 1.96. The summed E-state index contributed by atoms with van der Waals surface area (Å²) in [5.74, 6) is -2.56. The Morgan fingerprint density at radius 3 is 2.45 bits per heavy atom. The van der Waals surface area contributed by atoms with Gasteiger partial charge >= 0.3 is 0 Å². The van der Waals surface area contributed by atoms with Crippen LogP contribution >= 0.6 is 0 Å². The van der Waals surface area contributed by atoms with Crippen molar-refractivity contribution in [2.75, 3.05) is 7.05 Å². The van der Waals surface area contributed by atoms with Crippen molar-refractivity contribution in [3.05, 3.63) is 89.5 Å². The number of carbonyl (C=O) groups is 1. The first-order chi connectivity index (χ1) is 13.8. The van der Waals surface area contributed by atoms with Crippen LogP contribution in [0.4, 0.5) is 13.2 Å². The number of nitrogens with two attached hydrogens (primary N) is 1. The molecule has 0 aliphatic carbocycles. The third-order valence-electron chi connectivity index (χ3n) is 4.90. The molecule has 1 aromatic heterocycles. The van der Waals surface area contributed by atoms with Crippen LogP contribution in [0.1, 0.15) is 11.1 Å².